The first kappa shape index (κ1) is 28.4. The molecule has 0 aliphatic carbocycles. The quantitative estimate of drug-likeness (QED) is 0.208. The third-order valence-corrected chi connectivity index (χ3v) is 5.93. The van der Waals surface area contributed by atoms with E-state index in [9.17, 15) is 19.7 Å². The van der Waals surface area contributed by atoms with Crippen LogP contribution in [-0.2, 0) is 27.0 Å². The number of ether oxygens (including phenoxy) is 2. The zero-order valence-corrected chi connectivity index (χ0v) is 22.7. The van der Waals surface area contributed by atoms with Crippen molar-refractivity contribution in [1.82, 2.24) is 5.32 Å². The highest BCUT2D eigenvalue weighted by molar-refractivity contribution is 5.96. The van der Waals surface area contributed by atoms with Crippen molar-refractivity contribution < 1.29 is 24.0 Å². The fourth-order valence-electron chi connectivity index (χ4n) is 3.52. The maximum atomic E-state index is 12.9. The highest BCUT2D eigenvalue weighted by Crippen LogP contribution is 2.30. The van der Waals surface area contributed by atoms with Gasteiger partial charge in [0.25, 0.3) is 11.6 Å². The van der Waals surface area contributed by atoms with Gasteiger partial charge in [0.2, 0.25) is 0 Å². The number of rotatable bonds is 8. The van der Waals surface area contributed by atoms with Gasteiger partial charge in [-0.25, -0.2) is 0 Å². The number of carbonyl (C=O) groups excluding carboxylic acids is 2. The van der Waals surface area contributed by atoms with E-state index in [2.05, 4.69) is 52.9 Å². The minimum Gasteiger partial charge on any atom is -0.460 e. The van der Waals surface area contributed by atoms with Crippen molar-refractivity contribution in [3.63, 3.8) is 0 Å². The molecule has 0 bridgehead atoms. The molecule has 0 radical (unpaired) electrons. The van der Waals surface area contributed by atoms with Crippen molar-refractivity contribution in [2.24, 2.45) is 0 Å². The largest absolute Gasteiger partial charge is 0.460 e. The number of benzene rings is 3. The Morgan fingerprint density at radius 1 is 0.816 bits per heavy atom. The van der Waals surface area contributed by atoms with Crippen molar-refractivity contribution >= 4 is 17.6 Å². The first-order valence-electron chi connectivity index (χ1n) is 12.3. The molecule has 0 spiro atoms. The third kappa shape index (κ3) is 7.90. The van der Waals surface area contributed by atoms with E-state index in [1.165, 1.54) is 24.3 Å². The third-order valence-electron chi connectivity index (χ3n) is 5.93. The Balaban J connectivity index is 1.53. The fourth-order valence-corrected chi connectivity index (χ4v) is 3.52. The number of nitrogens with zero attached hydrogens (tertiary/aromatic N) is 1. The zero-order chi connectivity index (χ0) is 28.1. The molecule has 3 rings (SSSR count). The minimum absolute atomic E-state index is 0.0150. The lowest BCUT2D eigenvalue weighted by atomic mass is 9.79. The summed E-state index contributed by atoms with van der Waals surface area (Å²) in [6.45, 7) is 12.4. The summed E-state index contributed by atoms with van der Waals surface area (Å²) in [5.74, 6) is 0.125. The van der Waals surface area contributed by atoms with Crippen molar-refractivity contribution in [3.05, 3.63) is 99.1 Å². The predicted molar refractivity (Wildman–Crippen MR) is 146 cm³/mol. The first-order valence-corrected chi connectivity index (χ1v) is 12.3. The average Bonchev–Trinajstić information content (AvgIpc) is 2.86. The molecule has 38 heavy (non-hydrogen) atoms. The molecule has 0 heterocycles. The minimum atomic E-state index is -0.549. The summed E-state index contributed by atoms with van der Waals surface area (Å²) < 4.78 is 11.0. The molecule has 3 aromatic carbocycles. The molecule has 1 N–H and O–H groups in total. The summed E-state index contributed by atoms with van der Waals surface area (Å²) in [5.41, 5.74) is 3.10. The van der Waals surface area contributed by atoms with Gasteiger partial charge in [-0.05, 0) is 63.9 Å². The van der Waals surface area contributed by atoms with Gasteiger partial charge in [-0.1, -0.05) is 59.7 Å². The Bertz CT molecular complexity index is 1270. The maximum Gasteiger partial charge on any atom is 0.325 e. The van der Waals surface area contributed by atoms with E-state index >= 15 is 0 Å². The Morgan fingerprint density at radius 2 is 1.32 bits per heavy atom. The smallest absolute Gasteiger partial charge is 0.325 e. The van der Waals surface area contributed by atoms with Gasteiger partial charge in [0.05, 0.1) is 4.92 Å². The van der Waals surface area contributed by atoms with Crippen LogP contribution in [0.5, 0.6) is 11.5 Å². The number of esters is 1. The standard InChI is InChI=1S/C30H34N2O6/c1-29(2,3)22-15-21(16-23(17-22)30(4,5)6)28(34)31-18-27(33)37-19-20-7-11-25(12-8-20)38-26-13-9-24(10-14-26)32(35)36/h7-17H,18-19H2,1-6H3,(H,31,34). The summed E-state index contributed by atoms with van der Waals surface area (Å²) in [6, 6.07) is 18.6. The van der Waals surface area contributed by atoms with Crippen LogP contribution in [0.4, 0.5) is 5.69 Å². The van der Waals surface area contributed by atoms with Crippen molar-refractivity contribution in [3.8, 4) is 11.5 Å². The molecule has 8 heteroatoms. The van der Waals surface area contributed by atoms with Crippen molar-refractivity contribution in [2.45, 2.75) is 59.0 Å². The average molecular weight is 519 g/mol. The van der Waals surface area contributed by atoms with E-state index in [4.69, 9.17) is 9.47 Å². The molecule has 1 amide bonds. The number of nitrogens with one attached hydrogen (secondary N) is 1. The van der Waals surface area contributed by atoms with E-state index in [0.29, 0.717) is 17.1 Å². The number of non-ortho nitro benzene ring substituents is 1. The number of nitro benzene ring substituents is 1. The molecule has 0 saturated heterocycles. The predicted octanol–water partition coefficient (Wildman–Crippen LogP) is 6.46. The number of carbonyl (C=O) groups is 2. The van der Waals surface area contributed by atoms with Gasteiger partial charge in [-0.3, -0.25) is 19.7 Å². The van der Waals surface area contributed by atoms with Crippen molar-refractivity contribution in [1.29, 1.82) is 0 Å². The van der Waals surface area contributed by atoms with Crippen LogP contribution in [0.1, 0.15) is 68.6 Å². The van der Waals surface area contributed by atoms with E-state index in [1.54, 1.807) is 24.3 Å². The monoisotopic (exact) mass is 518 g/mol. The summed E-state index contributed by atoms with van der Waals surface area (Å²) >= 11 is 0. The SMILES string of the molecule is CC(C)(C)c1cc(C(=O)NCC(=O)OCc2ccc(Oc3ccc([N+](=O)[O-])cc3)cc2)cc(C(C)(C)C)c1. The second-order valence-electron chi connectivity index (χ2n) is 11.1. The van der Waals surface area contributed by atoms with Gasteiger partial charge in [0.1, 0.15) is 24.7 Å². The zero-order valence-electron chi connectivity index (χ0n) is 22.7. The lowest BCUT2D eigenvalue weighted by Gasteiger charge is -2.26. The summed E-state index contributed by atoms with van der Waals surface area (Å²) in [6.07, 6.45) is 0. The second kappa shape index (κ2) is 11.5. The molecule has 0 aromatic heterocycles. The van der Waals surface area contributed by atoms with Crippen LogP contribution in [0.25, 0.3) is 0 Å². The Morgan fingerprint density at radius 3 is 1.79 bits per heavy atom. The molecule has 3 aromatic rings. The van der Waals surface area contributed by atoms with Gasteiger partial charge in [-0.2, -0.15) is 0 Å². The number of amides is 1. The topological polar surface area (TPSA) is 108 Å². The molecule has 0 unspecified atom stereocenters. The van der Waals surface area contributed by atoms with Crippen LogP contribution in [0, 0.1) is 10.1 Å². The van der Waals surface area contributed by atoms with E-state index < -0.39 is 10.9 Å². The van der Waals surface area contributed by atoms with Gasteiger partial charge in [0.15, 0.2) is 0 Å². The molecule has 8 nitrogen and oxygen atoms in total. The van der Waals surface area contributed by atoms with E-state index in [0.717, 1.165) is 16.7 Å². The molecule has 0 saturated carbocycles. The van der Waals surface area contributed by atoms with Crippen LogP contribution in [0.15, 0.2) is 66.7 Å². The Kier molecular flexibility index (Phi) is 8.56. The van der Waals surface area contributed by atoms with Crippen LogP contribution in [0.3, 0.4) is 0 Å². The Hall–Kier alpha value is -4.20. The summed E-state index contributed by atoms with van der Waals surface area (Å²) in [5, 5.41) is 13.4. The van der Waals surface area contributed by atoms with Gasteiger partial charge in [0, 0.05) is 17.7 Å². The second-order valence-corrected chi connectivity index (χ2v) is 11.1. The summed E-state index contributed by atoms with van der Waals surface area (Å²) in [4.78, 5) is 35.4. The number of hydrogen-bond donors (Lipinski definition) is 1. The molecule has 0 aliphatic rings. The van der Waals surface area contributed by atoms with Gasteiger partial charge in [-0.15, -0.1) is 0 Å². The van der Waals surface area contributed by atoms with E-state index in [-0.39, 0.29) is 35.6 Å². The van der Waals surface area contributed by atoms with Crippen LogP contribution < -0.4 is 10.1 Å². The first-order chi connectivity index (χ1) is 17.7. The lowest BCUT2D eigenvalue weighted by molar-refractivity contribution is -0.384. The maximum absolute atomic E-state index is 12.9. The van der Waals surface area contributed by atoms with Crippen LogP contribution >= 0.6 is 0 Å². The van der Waals surface area contributed by atoms with Gasteiger partial charge < -0.3 is 14.8 Å². The number of hydrogen-bond acceptors (Lipinski definition) is 6. The number of nitro groups is 1. The highest BCUT2D eigenvalue weighted by Gasteiger charge is 2.22. The summed E-state index contributed by atoms with van der Waals surface area (Å²) in [7, 11) is 0. The Labute approximate surface area is 223 Å². The lowest BCUT2D eigenvalue weighted by Crippen LogP contribution is -2.31. The highest BCUT2D eigenvalue weighted by atomic mass is 16.6. The van der Waals surface area contributed by atoms with Crippen molar-refractivity contribution in [2.75, 3.05) is 6.54 Å². The molecule has 0 aliphatic heterocycles. The molecule has 0 fully saturated rings. The molecule has 0 atom stereocenters. The molecular formula is C30H34N2O6. The molecule has 200 valence electrons. The molecular weight excluding hydrogens is 484 g/mol. The normalized spacial score (nSPS) is 11.5. The fraction of sp³-hybridized carbons (Fsp3) is 0.333. The van der Waals surface area contributed by atoms with E-state index in [1.807, 2.05) is 12.1 Å². The van der Waals surface area contributed by atoms with Gasteiger partial charge >= 0.3 is 5.97 Å². The van der Waals surface area contributed by atoms with Crippen LogP contribution in [0.2, 0.25) is 0 Å². The van der Waals surface area contributed by atoms with Crippen LogP contribution in [-0.4, -0.2) is 23.3 Å².